The second kappa shape index (κ2) is 8.52. The van der Waals surface area contributed by atoms with Crippen LogP contribution in [0.25, 0.3) is 0 Å². The molecule has 0 aromatic carbocycles. The van der Waals surface area contributed by atoms with Crippen molar-refractivity contribution in [2.24, 2.45) is 0 Å². The van der Waals surface area contributed by atoms with E-state index in [1.54, 1.807) is 0 Å². The zero-order valence-corrected chi connectivity index (χ0v) is 8.88. The maximum atomic E-state index is 11.2. The van der Waals surface area contributed by atoms with Crippen LogP contribution in [0.1, 0.15) is 33.1 Å². The van der Waals surface area contributed by atoms with Gasteiger partial charge in [-0.3, -0.25) is 4.79 Å². The van der Waals surface area contributed by atoms with E-state index in [-0.39, 0.29) is 11.9 Å². The van der Waals surface area contributed by atoms with Crippen molar-refractivity contribution < 1.29 is 9.53 Å². The van der Waals surface area contributed by atoms with Crippen molar-refractivity contribution in [2.75, 3.05) is 13.2 Å². The van der Waals surface area contributed by atoms with Crippen LogP contribution >= 0.6 is 0 Å². The summed E-state index contributed by atoms with van der Waals surface area (Å²) < 4.78 is 5.04. The molecule has 0 aliphatic heterocycles. The summed E-state index contributed by atoms with van der Waals surface area (Å²) in [7, 11) is 0. The van der Waals surface area contributed by atoms with Crippen LogP contribution in [0.4, 0.5) is 0 Å². The van der Waals surface area contributed by atoms with Gasteiger partial charge in [0.15, 0.2) is 0 Å². The molecule has 0 aliphatic carbocycles. The summed E-state index contributed by atoms with van der Waals surface area (Å²) >= 11 is 0. The Kier molecular flexibility index (Phi) is 7.86. The Morgan fingerprint density at radius 3 is 2.79 bits per heavy atom. The Labute approximate surface area is 85.2 Å². The Balaban J connectivity index is 3.63. The van der Waals surface area contributed by atoms with Crippen molar-refractivity contribution in [1.29, 1.82) is 5.26 Å². The number of hydrogen-bond donors (Lipinski definition) is 1. The van der Waals surface area contributed by atoms with Crippen LogP contribution in [0.15, 0.2) is 0 Å². The number of amides is 1. The first kappa shape index (κ1) is 12.9. The van der Waals surface area contributed by atoms with Crippen LogP contribution in [0.2, 0.25) is 0 Å². The second-order valence-electron chi connectivity index (χ2n) is 2.98. The summed E-state index contributed by atoms with van der Waals surface area (Å²) in [6.07, 6.45) is 1.93. The predicted octanol–water partition coefficient (Wildman–Crippen LogP) is 1.22. The molecule has 0 aliphatic rings. The minimum absolute atomic E-state index is 0.113. The van der Waals surface area contributed by atoms with E-state index in [0.717, 1.165) is 6.42 Å². The number of rotatable bonds is 7. The molecule has 0 aromatic rings. The molecule has 1 N–H and O–H groups in total. The topological polar surface area (TPSA) is 62.1 Å². The molecule has 0 fully saturated rings. The number of nitriles is 1. The summed E-state index contributed by atoms with van der Waals surface area (Å²) in [6, 6.07) is 1.70. The van der Waals surface area contributed by atoms with Gasteiger partial charge < -0.3 is 10.1 Å². The minimum Gasteiger partial charge on any atom is -0.381 e. The number of hydrogen-bond acceptors (Lipinski definition) is 3. The van der Waals surface area contributed by atoms with Gasteiger partial charge in [0, 0.05) is 13.0 Å². The van der Waals surface area contributed by atoms with Crippen LogP contribution in [-0.2, 0) is 9.53 Å². The standard InChI is InChI=1S/C10H18N2O2/c1-3-5-9(8-11)12-10(13)6-7-14-4-2/h9H,3-7H2,1-2H3,(H,12,13). The molecule has 0 rings (SSSR count). The highest BCUT2D eigenvalue weighted by molar-refractivity contribution is 5.76. The van der Waals surface area contributed by atoms with Gasteiger partial charge in [-0.25, -0.2) is 0 Å². The molecular formula is C10H18N2O2. The van der Waals surface area contributed by atoms with E-state index in [1.807, 2.05) is 13.8 Å². The fourth-order valence-corrected chi connectivity index (χ4v) is 1.03. The summed E-state index contributed by atoms with van der Waals surface area (Å²) in [5.74, 6) is -0.113. The monoisotopic (exact) mass is 198 g/mol. The molecule has 0 radical (unpaired) electrons. The smallest absolute Gasteiger partial charge is 0.223 e. The average molecular weight is 198 g/mol. The molecular weight excluding hydrogens is 180 g/mol. The summed E-state index contributed by atoms with van der Waals surface area (Å²) in [5, 5.41) is 11.3. The van der Waals surface area contributed by atoms with E-state index in [4.69, 9.17) is 10.00 Å². The molecule has 0 heterocycles. The molecule has 4 heteroatoms. The second-order valence-corrected chi connectivity index (χ2v) is 2.98. The normalized spacial score (nSPS) is 11.8. The van der Waals surface area contributed by atoms with Gasteiger partial charge in [0.05, 0.1) is 12.7 Å². The highest BCUT2D eigenvalue weighted by atomic mass is 16.5. The highest BCUT2D eigenvalue weighted by Crippen LogP contribution is 1.95. The Morgan fingerprint density at radius 1 is 1.57 bits per heavy atom. The molecule has 4 nitrogen and oxygen atoms in total. The largest absolute Gasteiger partial charge is 0.381 e. The Bertz CT molecular complexity index is 199. The molecule has 80 valence electrons. The quantitative estimate of drug-likeness (QED) is 0.626. The predicted molar refractivity (Wildman–Crippen MR) is 53.6 cm³/mol. The molecule has 14 heavy (non-hydrogen) atoms. The summed E-state index contributed by atoms with van der Waals surface area (Å²) in [5.41, 5.74) is 0. The lowest BCUT2D eigenvalue weighted by molar-refractivity contribution is -0.122. The molecule has 0 aromatic heterocycles. The third-order valence-electron chi connectivity index (χ3n) is 1.75. The maximum Gasteiger partial charge on any atom is 0.223 e. The first-order chi connectivity index (χ1) is 6.74. The maximum absolute atomic E-state index is 11.2. The SMILES string of the molecule is CCCC(C#N)NC(=O)CCOCC. The van der Waals surface area contributed by atoms with Gasteiger partial charge in [0.25, 0.3) is 0 Å². The molecule has 0 spiro atoms. The van der Waals surface area contributed by atoms with Gasteiger partial charge in [-0.15, -0.1) is 0 Å². The van der Waals surface area contributed by atoms with E-state index >= 15 is 0 Å². The number of nitrogens with one attached hydrogen (secondary N) is 1. The number of nitrogens with zero attached hydrogens (tertiary/aromatic N) is 1. The third kappa shape index (κ3) is 6.44. The van der Waals surface area contributed by atoms with E-state index < -0.39 is 0 Å². The number of ether oxygens (including phenoxy) is 1. The van der Waals surface area contributed by atoms with Crippen molar-refractivity contribution in [1.82, 2.24) is 5.32 Å². The van der Waals surface area contributed by atoms with Crippen molar-refractivity contribution in [3.63, 3.8) is 0 Å². The first-order valence-electron chi connectivity index (χ1n) is 5.01. The Morgan fingerprint density at radius 2 is 2.29 bits per heavy atom. The van der Waals surface area contributed by atoms with Gasteiger partial charge in [-0.2, -0.15) is 5.26 Å². The Hall–Kier alpha value is -1.08. The number of carbonyl (C=O) groups excluding carboxylic acids is 1. The molecule has 0 saturated carbocycles. The van der Waals surface area contributed by atoms with E-state index in [0.29, 0.717) is 26.1 Å². The van der Waals surface area contributed by atoms with Gasteiger partial charge in [0.2, 0.25) is 5.91 Å². The molecule has 1 amide bonds. The van der Waals surface area contributed by atoms with Gasteiger partial charge in [0.1, 0.15) is 6.04 Å². The molecule has 0 saturated heterocycles. The fourth-order valence-electron chi connectivity index (χ4n) is 1.03. The van der Waals surface area contributed by atoms with Gasteiger partial charge in [-0.05, 0) is 13.3 Å². The van der Waals surface area contributed by atoms with E-state index in [1.165, 1.54) is 0 Å². The third-order valence-corrected chi connectivity index (χ3v) is 1.75. The van der Waals surface area contributed by atoms with Gasteiger partial charge in [-0.1, -0.05) is 13.3 Å². The van der Waals surface area contributed by atoms with Crippen LogP contribution in [0, 0.1) is 11.3 Å². The van der Waals surface area contributed by atoms with Crippen molar-refractivity contribution >= 4 is 5.91 Å². The van der Waals surface area contributed by atoms with E-state index in [2.05, 4.69) is 11.4 Å². The van der Waals surface area contributed by atoms with Crippen LogP contribution in [0.3, 0.4) is 0 Å². The molecule has 1 atom stereocenters. The minimum atomic E-state index is -0.353. The van der Waals surface area contributed by atoms with Crippen molar-refractivity contribution in [3.8, 4) is 6.07 Å². The first-order valence-corrected chi connectivity index (χ1v) is 5.01. The van der Waals surface area contributed by atoms with Crippen molar-refractivity contribution in [3.05, 3.63) is 0 Å². The van der Waals surface area contributed by atoms with Crippen molar-refractivity contribution in [2.45, 2.75) is 39.2 Å². The molecule has 1 unspecified atom stereocenters. The number of carbonyl (C=O) groups is 1. The average Bonchev–Trinajstić information content (AvgIpc) is 2.17. The van der Waals surface area contributed by atoms with E-state index in [9.17, 15) is 4.79 Å². The summed E-state index contributed by atoms with van der Waals surface area (Å²) in [6.45, 7) is 4.90. The highest BCUT2D eigenvalue weighted by Gasteiger charge is 2.09. The lowest BCUT2D eigenvalue weighted by atomic mass is 10.2. The lowest BCUT2D eigenvalue weighted by Gasteiger charge is -2.09. The zero-order valence-electron chi connectivity index (χ0n) is 8.88. The molecule has 0 bridgehead atoms. The van der Waals surface area contributed by atoms with Gasteiger partial charge >= 0.3 is 0 Å². The zero-order chi connectivity index (χ0) is 10.8. The summed E-state index contributed by atoms with van der Waals surface area (Å²) in [4.78, 5) is 11.2. The lowest BCUT2D eigenvalue weighted by Crippen LogP contribution is -2.34. The van der Waals surface area contributed by atoms with Crippen LogP contribution in [0.5, 0.6) is 0 Å². The van der Waals surface area contributed by atoms with Crippen LogP contribution < -0.4 is 5.32 Å². The van der Waals surface area contributed by atoms with Crippen LogP contribution in [-0.4, -0.2) is 25.2 Å². The fraction of sp³-hybridized carbons (Fsp3) is 0.800.